The van der Waals surface area contributed by atoms with Crippen LogP contribution in [-0.4, -0.2) is 11.8 Å². The number of rotatable bonds is 4. The molecule has 2 nitrogen and oxygen atoms in total. The summed E-state index contributed by atoms with van der Waals surface area (Å²) < 4.78 is 0. The molecule has 1 aromatic carbocycles. The molecule has 1 atom stereocenters. The van der Waals surface area contributed by atoms with Gasteiger partial charge in [0.1, 0.15) is 0 Å². The molecule has 1 aromatic rings. The van der Waals surface area contributed by atoms with Crippen molar-refractivity contribution in [3.8, 4) is 0 Å². The van der Waals surface area contributed by atoms with E-state index >= 15 is 0 Å². The Kier molecular flexibility index (Phi) is 4.30. The normalized spacial score (nSPS) is 12.5. The van der Waals surface area contributed by atoms with Gasteiger partial charge in [0, 0.05) is 11.4 Å². The van der Waals surface area contributed by atoms with Gasteiger partial charge in [0.05, 0.1) is 6.04 Å². The van der Waals surface area contributed by atoms with Crippen molar-refractivity contribution in [3.63, 3.8) is 0 Å². The van der Waals surface area contributed by atoms with Crippen molar-refractivity contribution in [1.82, 2.24) is 0 Å². The number of aryl methyl sites for hydroxylation is 1. The fourth-order valence-corrected chi connectivity index (χ4v) is 1.49. The van der Waals surface area contributed by atoms with Crippen molar-refractivity contribution >= 4 is 17.4 Å². The molecule has 0 saturated carbocycles. The molecule has 0 bridgehead atoms. The van der Waals surface area contributed by atoms with Gasteiger partial charge in [-0.1, -0.05) is 30.7 Å². The molecule has 1 rings (SSSR count). The van der Waals surface area contributed by atoms with E-state index in [4.69, 9.17) is 17.3 Å². The number of hydrogen-bond donors (Lipinski definition) is 1. The summed E-state index contributed by atoms with van der Waals surface area (Å²) in [6.45, 7) is 3.84. The minimum atomic E-state index is -0.346. The van der Waals surface area contributed by atoms with Crippen molar-refractivity contribution in [3.05, 3.63) is 34.3 Å². The summed E-state index contributed by atoms with van der Waals surface area (Å²) in [6.07, 6.45) is 1.08. The van der Waals surface area contributed by atoms with Gasteiger partial charge < -0.3 is 5.73 Å². The van der Waals surface area contributed by atoms with Crippen LogP contribution in [0.3, 0.4) is 0 Å². The van der Waals surface area contributed by atoms with Crippen LogP contribution in [0.5, 0.6) is 0 Å². The first kappa shape index (κ1) is 12.2. The summed E-state index contributed by atoms with van der Waals surface area (Å²) in [5.41, 5.74) is 7.63. The second kappa shape index (κ2) is 5.29. The quantitative estimate of drug-likeness (QED) is 0.856. The maximum Gasteiger partial charge on any atom is 0.153 e. The Labute approximate surface area is 95.4 Å². The smallest absolute Gasteiger partial charge is 0.153 e. The Bertz CT molecular complexity index is 363. The third-order valence-corrected chi connectivity index (χ3v) is 2.88. The van der Waals surface area contributed by atoms with E-state index in [-0.39, 0.29) is 11.8 Å². The molecule has 0 aliphatic carbocycles. The van der Waals surface area contributed by atoms with Crippen LogP contribution < -0.4 is 5.73 Å². The molecule has 82 valence electrons. The Balaban J connectivity index is 2.73. The Morgan fingerprint density at radius 2 is 2.20 bits per heavy atom. The van der Waals surface area contributed by atoms with Gasteiger partial charge in [0.2, 0.25) is 0 Å². The highest BCUT2D eigenvalue weighted by molar-refractivity contribution is 6.31. The standard InChI is InChI=1S/C12H16ClNO/c1-3-11(14)12(15)7-9-4-5-10(13)8(2)6-9/h4-6,11H,3,7,14H2,1-2H3/t11-/m0/s1. The highest BCUT2D eigenvalue weighted by Gasteiger charge is 2.11. The number of carbonyl (C=O) groups excluding carboxylic acids is 1. The predicted molar refractivity (Wildman–Crippen MR) is 63.2 cm³/mol. The summed E-state index contributed by atoms with van der Waals surface area (Å²) in [4.78, 5) is 11.6. The van der Waals surface area contributed by atoms with Crippen LogP contribution in [0.25, 0.3) is 0 Å². The zero-order chi connectivity index (χ0) is 11.4. The van der Waals surface area contributed by atoms with E-state index in [9.17, 15) is 4.79 Å². The number of carbonyl (C=O) groups is 1. The third kappa shape index (κ3) is 3.33. The second-order valence-electron chi connectivity index (χ2n) is 3.74. The van der Waals surface area contributed by atoms with Crippen LogP contribution >= 0.6 is 11.6 Å². The van der Waals surface area contributed by atoms with E-state index < -0.39 is 0 Å². The molecule has 0 aliphatic rings. The fourth-order valence-electron chi connectivity index (χ4n) is 1.38. The average molecular weight is 226 g/mol. The van der Waals surface area contributed by atoms with Gasteiger partial charge in [-0.25, -0.2) is 0 Å². The van der Waals surface area contributed by atoms with Crippen LogP contribution in [0.4, 0.5) is 0 Å². The molecule has 0 saturated heterocycles. The highest BCUT2D eigenvalue weighted by Crippen LogP contribution is 2.16. The van der Waals surface area contributed by atoms with E-state index in [2.05, 4.69) is 0 Å². The number of benzene rings is 1. The van der Waals surface area contributed by atoms with Gasteiger partial charge in [-0.2, -0.15) is 0 Å². The summed E-state index contributed by atoms with van der Waals surface area (Å²) >= 11 is 5.90. The summed E-state index contributed by atoms with van der Waals surface area (Å²) in [5, 5.41) is 0.728. The number of halogens is 1. The van der Waals surface area contributed by atoms with Crippen molar-refractivity contribution in [2.24, 2.45) is 5.73 Å². The molecule has 2 N–H and O–H groups in total. The van der Waals surface area contributed by atoms with Crippen LogP contribution in [0.1, 0.15) is 24.5 Å². The summed E-state index contributed by atoms with van der Waals surface area (Å²) in [7, 11) is 0. The molecule has 0 amide bonds. The molecule has 0 spiro atoms. The third-order valence-electron chi connectivity index (χ3n) is 2.45. The first-order valence-electron chi connectivity index (χ1n) is 5.08. The van der Waals surface area contributed by atoms with E-state index in [1.165, 1.54) is 0 Å². The van der Waals surface area contributed by atoms with Gasteiger partial charge >= 0.3 is 0 Å². The SMILES string of the molecule is CC[C@H](N)C(=O)Cc1ccc(Cl)c(C)c1. The minimum Gasteiger partial charge on any atom is -0.322 e. The van der Waals surface area contributed by atoms with Crippen LogP contribution in [0.2, 0.25) is 5.02 Å². The second-order valence-corrected chi connectivity index (χ2v) is 4.15. The molecule has 3 heteroatoms. The number of Topliss-reactive ketones (excluding diaryl/α,β-unsaturated/α-hetero) is 1. The Hall–Kier alpha value is -0.860. The molecule has 0 unspecified atom stereocenters. The lowest BCUT2D eigenvalue weighted by Crippen LogP contribution is -2.30. The molecular formula is C12H16ClNO. The summed E-state index contributed by atoms with van der Waals surface area (Å²) in [5.74, 6) is 0.0826. The lowest BCUT2D eigenvalue weighted by molar-refractivity contribution is -0.119. The molecular weight excluding hydrogens is 210 g/mol. The fraction of sp³-hybridized carbons (Fsp3) is 0.417. The van der Waals surface area contributed by atoms with Gasteiger partial charge in [-0.05, 0) is 30.5 Å². The lowest BCUT2D eigenvalue weighted by Gasteiger charge is -2.08. The van der Waals surface area contributed by atoms with E-state index in [0.29, 0.717) is 12.8 Å². The highest BCUT2D eigenvalue weighted by atomic mass is 35.5. The van der Waals surface area contributed by atoms with E-state index in [0.717, 1.165) is 16.1 Å². The van der Waals surface area contributed by atoms with Crippen LogP contribution in [0, 0.1) is 6.92 Å². The number of hydrogen-bond acceptors (Lipinski definition) is 2. The molecule has 0 radical (unpaired) electrons. The zero-order valence-corrected chi connectivity index (χ0v) is 9.84. The number of nitrogens with two attached hydrogens (primary N) is 1. The van der Waals surface area contributed by atoms with Gasteiger partial charge in [-0.3, -0.25) is 4.79 Å². The largest absolute Gasteiger partial charge is 0.322 e. The Morgan fingerprint density at radius 3 is 2.73 bits per heavy atom. The van der Waals surface area contributed by atoms with Gasteiger partial charge in [-0.15, -0.1) is 0 Å². The Morgan fingerprint density at radius 1 is 1.53 bits per heavy atom. The summed E-state index contributed by atoms with van der Waals surface area (Å²) in [6, 6.07) is 5.27. The minimum absolute atomic E-state index is 0.0826. The molecule has 15 heavy (non-hydrogen) atoms. The molecule has 0 fully saturated rings. The predicted octanol–water partition coefficient (Wildman–Crippen LogP) is 2.50. The van der Waals surface area contributed by atoms with E-state index in [1.807, 2.05) is 32.0 Å². The van der Waals surface area contributed by atoms with Gasteiger partial charge in [0.25, 0.3) is 0 Å². The topological polar surface area (TPSA) is 43.1 Å². The molecule has 0 aromatic heterocycles. The van der Waals surface area contributed by atoms with Crippen molar-refractivity contribution < 1.29 is 4.79 Å². The maximum atomic E-state index is 11.6. The van der Waals surface area contributed by atoms with Crippen molar-refractivity contribution in [1.29, 1.82) is 0 Å². The van der Waals surface area contributed by atoms with E-state index in [1.54, 1.807) is 0 Å². The zero-order valence-electron chi connectivity index (χ0n) is 9.09. The maximum absolute atomic E-state index is 11.6. The van der Waals surface area contributed by atoms with Crippen LogP contribution in [-0.2, 0) is 11.2 Å². The van der Waals surface area contributed by atoms with Gasteiger partial charge in [0.15, 0.2) is 5.78 Å². The monoisotopic (exact) mass is 225 g/mol. The molecule has 0 heterocycles. The average Bonchev–Trinajstić information content (AvgIpc) is 2.22. The van der Waals surface area contributed by atoms with Crippen LogP contribution in [0.15, 0.2) is 18.2 Å². The number of ketones is 1. The van der Waals surface area contributed by atoms with Crippen molar-refractivity contribution in [2.75, 3.05) is 0 Å². The lowest BCUT2D eigenvalue weighted by atomic mass is 10.0. The molecule has 0 aliphatic heterocycles. The first-order chi connectivity index (χ1) is 7.04. The first-order valence-corrected chi connectivity index (χ1v) is 5.45. The van der Waals surface area contributed by atoms with Crippen molar-refractivity contribution in [2.45, 2.75) is 32.7 Å².